The van der Waals surface area contributed by atoms with E-state index < -0.39 is 0 Å². The Morgan fingerprint density at radius 1 is 0.471 bits per heavy atom. The van der Waals surface area contributed by atoms with E-state index in [1.54, 1.807) is 24.3 Å². The maximum Gasteiger partial charge on any atom is 0.190 e. The van der Waals surface area contributed by atoms with Gasteiger partial charge in [-0.25, -0.2) is 0 Å². The first kappa shape index (κ1) is 18.7. The number of H-pyrrole nitrogens is 4. The molecule has 4 aromatic heterocycles. The van der Waals surface area contributed by atoms with Gasteiger partial charge in [-0.1, -0.05) is 36.4 Å². The van der Waals surface area contributed by atoms with Crippen molar-refractivity contribution in [2.45, 2.75) is 0 Å². The lowest BCUT2D eigenvalue weighted by Gasteiger charge is -2.08. The molecule has 4 heterocycles. The fourth-order valence-electron chi connectivity index (χ4n) is 4.87. The number of para-hydroxylation sites is 2. The molecule has 0 aliphatic carbocycles. The molecule has 0 bridgehead atoms. The van der Waals surface area contributed by atoms with Gasteiger partial charge in [0.05, 0.1) is 22.4 Å². The standard InChI is InChI=1S/C28H18N4O2/c33-27-11-25(19-13-29-21-7-3-1-5-15(19)21)31-23-9-18-24(10-17(23)27)32-26(12-28(18)34)20-14-30-22-8-4-2-6-16(20)22/h1-14,29-30H,(H,31,33)(H,32,34). The molecule has 162 valence electrons. The summed E-state index contributed by atoms with van der Waals surface area (Å²) in [5.74, 6) is 0. The molecule has 0 amide bonds. The Bertz CT molecular complexity index is 1870. The lowest BCUT2D eigenvalue weighted by molar-refractivity contribution is 1.36. The molecule has 0 atom stereocenters. The van der Waals surface area contributed by atoms with Crippen molar-refractivity contribution in [3.05, 3.63) is 106 Å². The number of aromatic amines is 4. The summed E-state index contributed by atoms with van der Waals surface area (Å²) in [7, 11) is 0. The van der Waals surface area contributed by atoms with Crippen molar-refractivity contribution in [1.82, 2.24) is 19.9 Å². The smallest absolute Gasteiger partial charge is 0.190 e. The van der Waals surface area contributed by atoms with Gasteiger partial charge in [0.25, 0.3) is 0 Å². The minimum atomic E-state index is -0.103. The predicted molar refractivity (Wildman–Crippen MR) is 137 cm³/mol. The Kier molecular flexibility index (Phi) is 3.76. The van der Waals surface area contributed by atoms with E-state index in [2.05, 4.69) is 19.9 Å². The Morgan fingerprint density at radius 2 is 0.912 bits per heavy atom. The first-order valence-corrected chi connectivity index (χ1v) is 11.0. The summed E-state index contributed by atoms with van der Waals surface area (Å²) in [6, 6.07) is 22.7. The number of hydrogen-bond donors (Lipinski definition) is 4. The molecule has 0 radical (unpaired) electrons. The van der Waals surface area contributed by atoms with Gasteiger partial charge < -0.3 is 19.9 Å². The van der Waals surface area contributed by atoms with Crippen molar-refractivity contribution in [1.29, 1.82) is 0 Å². The number of fused-ring (bicyclic) bond motifs is 4. The van der Waals surface area contributed by atoms with Crippen LogP contribution in [0.3, 0.4) is 0 Å². The van der Waals surface area contributed by atoms with E-state index in [1.807, 2.05) is 60.9 Å². The van der Waals surface area contributed by atoms with E-state index >= 15 is 0 Å². The second-order valence-corrected chi connectivity index (χ2v) is 8.53. The molecule has 7 rings (SSSR count). The number of hydrogen-bond acceptors (Lipinski definition) is 2. The lowest BCUT2D eigenvalue weighted by atomic mass is 10.0. The summed E-state index contributed by atoms with van der Waals surface area (Å²) in [6.07, 6.45) is 3.78. The number of nitrogens with one attached hydrogen (secondary N) is 4. The number of benzene rings is 3. The summed E-state index contributed by atoms with van der Waals surface area (Å²) in [5.41, 5.74) is 6.30. The molecule has 3 aromatic carbocycles. The fraction of sp³-hybridized carbons (Fsp3) is 0. The molecular formula is C28H18N4O2. The molecule has 0 spiro atoms. The van der Waals surface area contributed by atoms with Crippen molar-refractivity contribution >= 4 is 43.6 Å². The van der Waals surface area contributed by atoms with E-state index in [0.717, 1.165) is 32.9 Å². The molecule has 34 heavy (non-hydrogen) atoms. The molecular weight excluding hydrogens is 424 g/mol. The largest absolute Gasteiger partial charge is 0.360 e. The van der Waals surface area contributed by atoms with Crippen LogP contribution in [0.15, 0.2) is 94.8 Å². The molecule has 6 heteroatoms. The van der Waals surface area contributed by atoms with Gasteiger partial charge >= 0.3 is 0 Å². The van der Waals surface area contributed by atoms with Crippen molar-refractivity contribution < 1.29 is 0 Å². The number of rotatable bonds is 2. The van der Waals surface area contributed by atoms with Crippen LogP contribution in [-0.2, 0) is 0 Å². The third-order valence-electron chi connectivity index (χ3n) is 6.54. The van der Waals surface area contributed by atoms with Gasteiger partial charge in [-0.15, -0.1) is 0 Å². The van der Waals surface area contributed by atoms with Crippen molar-refractivity contribution in [3.8, 4) is 22.5 Å². The van der Waals surface area contributed by atoms with Gasteiger partial charge in [0, 0.05) is 68.2 Å². The minimum absolute atomic E-state index is 0.103. The molecule has 6 nitrogen and oxygen atoms in total. The van der Waals surface area contributed by atoms with Crippen LogP contribution < -0.4 is 10.9 Å². The summed E-state index contributed by atoms with van der Waals surface area (Å²) >= 11 is 0. The molecule has 4 N–H and O–H groups in total. The van der Waals surface area contributed by atoms with Crippen LogP contribution in [0.1, 0.15) is 0 Å². The van der Waals surface area contributed by atoms with Crippen molar-refractivity contribution in [3.63, 3.8) is 0 Å². The number of aromatic nitrogens is 4. The zero-order valence-electron chi connectivity index (χ0n) is 17.9. The summed E-state index contributed by atoms with van der Waals surface area (Å²) in [4.78, 5) is 39.5. The van der Waals surface area contributed by atoms with E-state index in [0.29, 0.717) is 33.2 Å². The van der Waals surface area contributed by atoms with Gasteiger partial charge in [0.1, 0.15) is 0 Å². The Hall–Kier alpha value is -4.84. The van der Waals surface area contributed by atoms with Crippen LogP contribution in [0, 0.1) is 0 Å². The highest BCUT2D eigenvalue weighted by atomic mass is 16.1. The van der Waals surface area contributed by atoms with Gasteiger partial charge in [-0.3, -0.25) is 9.59 Å². The average Bonchev–Trinajstić information content (AvgIpc) is 3.48. The van der Waals surface area contributed by atoms with E-state index in [-0.39, 0.29) is 10.9 Å². The van der Waals surface area contributed by atoms with Gasteiger partial charge in [0.2, 0.25) is 0 Å². The highest BCUT2D eigenvalue weighted by molar-refractivity contribution is 6.00. The quantitative estimate of drug-likeness (QED) is 0.260. The molecule has 0 saturated carbocycles. The lowest BCUT2D eigenvalue weighted by Crippen LogP contribution is -2.07. The van der Waals surface area contributed by atoms with Gasteiger partial charge in [0.15, 0.2) is 10.9 Å². The third-order valence-corrected chi connectivity index (χ3v) is 6.54. The van der Waals surface area contributed by atoms with Gasteiger partial charge in [-0.05, 0) is 24.3 Å². The second-order valence-electron chi connectivity index (χ2n) is 8.53. The zero-order valence-corrected chi connectivity index (χ0v) is 17.9. The molecule has 0 aliphatic heterocycles. The molecule has 7 aromatic rings. The van der Waals surface area contributed by atoms with Crippen LogP contribution in [0.5, 0.6) is 0 Å². The zero-order chi connectivity index (χ0) is 22.8. The Morgan fingerprint density at radius 3 is 1.38 bits per heavy atom. The average molecular weight is 442 g/mol. The normalized spacial score (nSPS) is 11.8. The van der Waals surface area contributed by atoms with Crippen LogP contribution >= 0.6 is 0 Å². The van der Waals surface area contributed by atoms with Crippen LogP contribution in [0.4, 0.5) is 0 Å². The Balaban J connectivity index is 1.45. The maximum atomic E-state index is 13.1. The third kappa shape index (κ3) is 2.69. The van der Waals surface area contributed by atoms with E-state index in [1.165, 1.54) is 0 Å². The summed E-state index contributed by atoms with van der Waals surface area (Å²) in [5, 5.41) is 3.12. The van der Waals surface area contributed by atoms with E-state index in [4.69, 9.17) is 0 Å². The molecule has 0 fully saturated rings. The van der Waals surface area contributed by atoms with Crippen LogP contribution in [0.2, 0.25) is 0 Å². The molecule has 0 saturated heterocycles. The summed E-state index contributed by atoms with van der Waals surface area (Å²) in [6.45, 7) is 0. The summed E-state index contributed by atoms with van der Waals surface area (Å²) < 4.78 is 0. The highest BCUT2D eigenvalue weighted by Gasteiger charge is 2.13. The van der Waals surface area contributed by atoms with Crippen molar-refractivity contribution in [2.75, 3.05) is 0 Å². The van der Waals surface area contributed by atoms with Crippen molar-refractivity contribution in [2.24, 2.45) is 0 Å². The Labute approximate surface area is 191 Å². The molecule has 0 aliphatic rings. The topological polar surface area (TPSA) is 97.3 Å². The molecule has 0 unspecified atom stereocenters. The van der Waals surface area contributed by atoms with Gasteiger partial charge in [-0.2, -0.15) is 0 Å². The van der Waals surface area contributed by atoms with E-state index in [9.17, 15) is 9.59 Å². The SMILES string of the molecule is O=c1cc(-c2c[nH]c3ccccc23)[nH]c2cc3c(=O)cc(-c4c[nH]c5ccccc45)[nH]c3cc12. The van der Waals surface area contributed by atoms with Crippen LogP contribution in [0.25, 0.3) is 66.1 Å². The minimum Gasteiger partial charge on any atom is -0.360 e. The fourth-order valence-corrected chi connectivity index (χ4v) is 4.87. The highest BCUT2D eigenvalue weighted by Crippen LogP contribution is 2.30. The first-order valence-electron chi connectivity index (χ1n) is 11.0. The van der Waals surface area contributed by atoms with Crippen LogP contribution in [-0.4, -0.2) is 19.9 Å². The number of pyridine rings is 2. The monoisotopic (exact) mass is 442 g/mol. The first-order chi connectivity index (χ1) is 16.7. The predicted octanol–water partition coefficient (Wildman–Crippen LogP) is 5.67. The maximum absolute atomic E-state index is 13.1. The second kappa shape index (κ2) is 6.83.